The maximum Gasteiger partial charge on any atom is 0.335 e. The Kier molecular flexibility index (Phi) is 8.40. The van der Waals surface area contributed by atoms with E-state index >= 15 is 0 Å². The number of hydrogen-bond donors (Lipinski definition) is 1. The van der Waals surface area contributed by atoms with Gasteiger partial charge >= 0.3 is 6.03 Å². The van der Waals surface area contributed by atoms with Crippen molar-refractivity contribution in [1.82, 2.24) is 5.32 Å². The highest BCUT2D eigenvalue weighted by Crippen LogP contribution is 2.35. The van der Waals surface area contributed by atoms with E-state index in [-0.39, 0.29) is 17.9 Å². The zero-order valence-corrected chi connectivity index (χ0v) is 21.5. The number of halogens is 1. The first-order valence-corrected chi connectivity index (χ1v) is 12.2. The Bertz CT molecular complexity index is 1450. The molecule has 8 nitrogen and oxygen atoms in total. The van der Waals surface area contributed by atoms with Crippen LogP contribution in [0, 0.1) is 5.82 Å². The molecule has 0 unspecified atom stereocenters. The molecular weight excluding hydrogens is 503 g/mol. The highest BCUT2D eigenvalue weighted by molar-refractivity contribution is 6.39. The van der Waals surface area contributed by atoms with E-state index in [0.29, 0.717) is 47.0 Å². The minimum Gasteiger partial charge on any atom is -0.494 e. The SMILES string of the molecule is C=CCc1cc(/C=C2\C(=O)NC(=O)N(c3ccc(OCC)cc3)C2=O)cc(OC)c1OCc1ccccc1F. The number of methoxy groups -OCH3 is 1. The molecule has 3 aromatic carbocycles. The van der Waals surface area contributed by atoms with Crippen molar-refractivity contribution in [3.63, 3.8) is 0 Å². The van der Waals surface area contributed by atoms with Gasteiger partial charge in [-0.25, -0.2) is 14.1 Å². The molecule has 1 heterocycles. The van der Waals surface area contributed by atoms with Crippen LogP contribution in [0.2, 0.25) is 0 Å². The Hall–Kier alpha value is -4.92. The normalized spacial score (nSPS) is 14.3. The first-order chi connectivity index (χ1) is 18.9. The van der Waals surface area contributed by atoms with E-state index in [9.17, 15) is 18.8 Å². The number of amides is 4. The molecule has 1 aliphatic rings. The van der Waals surface area contributed by atoms with Crippen LogP contribution < -0.4 is 24.4 Å². The molecule has 1 aliphatic heterocycles. The lowest BCUT2D eigenvalue weighted by molar-refractivity contribution is -0.122. The van der Waals surface area contributed by atoms with Crippen LogP contribution in [0.25, 0.3) is 6.08 Å². The molecule has 3 aromatic rings. The largest absolute Gasteiger partial charge is 0.494 e. The molecule has 200 valence electrons. The number of ether oxygens (including phenoxy) is 3. The van der Waals surface area contributed by atoms with Crippen LogP contribution in [0.4, 0.5) is 14.9 Å². The molecule has 0 saturated carbocycles. The maximum atomic E-state index is 14.1. The van der Waals surface area contributed by atoms with Crippen molar-refractivity contribution in [3.05, 3.63) is 101 Å². The first kappa shape index (κ1) is 27.1. The summed E-state index contributed by atoms with van der Waals surface area (Å²) < 4.78 is 31.0. The highest BCUT2D eigenvalue weighted by atomic mass is 19.1. The van der Waals surface area contributed by atoms with E-state index in [1.165, 1.54) is 19.3 Å². The average molecular weight is 531 g/mol. The van der Waals surface area contributed by atoms with Gasteiger partial charge in [-0.2, -0.15) is 0 Å². The summed E-state index contributed by atoms with van der Waals surface area (Å²) in [5, 5.41) is 2.21. The van der Waals surface area contributed by atoms with Crippen molar-refractivity contribution in [2.45, 2.75) is 20.0 Å². The van der Waals surface area contributed by atoms with Gasteiger partial charge in [0.25, 0.3) is 11.8 Å². The standard InChI is InChI=1S/C30H27FN2O6/c1-4-8-20-15-19(17-26(37-3)27(20)39-18-21-9-6-7-10-25(21)31)16-24-28(34)32-30(36)33(29(24)35)22-11-13-23(14-12-22)38-5-2/h4,6-7,9-17H,1,5,8,18H2,2-3H3,(H,32,34,36)/b24-16+. The third-order valence-electron chi connectivity index (χ3n) is 5.89. The summed E-state index contributed by atoms with van der Waals surface area (Å²) in [7, 11) is 1.45. The number of hydrogen-bond acceptors (Lipinski definition) is 6. The fourth-order valence-corrected chi connectivity index (χ4v) is 4.07. The van der Waals surface area contributed by atoms with Gasteiger partial charge in [0.15, 0.2) is 11.5 Å². The van der Waals surface area contributed by atoms with Crippen LogP contribution in [0.5, 0.6) is 17.2 Å². The highest BCUT2D eigenvalue weighted by Gasteiger charge is 2.37. The second-order valence-electron chi connectivity index (χ2n) is 8.47. The summed E-state index contributed by atoms with van der Waals surface area (Å²) in [5.74, 6) is -0.712. The van der Waals surface area contributed by atoms with Gasteiger partial charge in [-0.15, -0.1) is 6.58 Å². The van der Waals surface area contributed by atoms with Gasteiger partial charge in [-0.3, -0.25) is 14.9 Å². The summed E-state index contributed by atoms with van der Waals surface area (Å²) in [5.41, 5.74) is 1.52. The van der Waals surface area contributed by atoms with Crippen LogP contribution in [-0.2, 0) is 22.6 Å². The van der Waals surface area contributed by atoms with Crippen molar-refractivity contribution in [2.24, 2.45) is 0 Å². The Balaban J connectivity index is 1.68. The van der Waals surface area contributed by atoms with Crippen molar-refractivity contribution < 1.29 is 33.0 Å². The molecule has 4 amide bonds. The first-order valence-electron chi connectivity index (χ1n) is 12.2. The van der Waals surface area contributed by atoms with Crippen LogP contribution in [0.3, 0.4) is 0 Å². The lowest BCUT2D eigenvalue weighted by Crippen LogP contribution is -2.54. The summed E-state index contributed by atoms with van der Waals surface area (Å²) >= 11 is 0. The molecular formula is C30H27FN2O6. The average Bonchev–Trinajstić information content (AvgIpc) is 2.92. The van der Waals surface area contributed by atoms with E-state index in [2.05, 4.69) is 11.9 Å². The van der Waals surface area contributed by atoms with E-state index in [4.69, 9.17) is 14.2 Å². The Morgan fingerprint density at radius 2 is 1.74 bits per heavy atom. The topological polar surface area (TPSA) is 94.2 Å². The van der Waals surface area contributed by atoms with E-state index in [0.717, 1.165) is 4.90 Å². The van der Waals surface area contributed by atoms with E-state index in [1.54, 1.807) is 60.7 Å². The quantitative estimate of drug-likeness (QED) is 0.220. The van der Waals surface area contributed by atoms with Gasteiger partial charge in [-0.05, 0) is 67.4 Å². The van der Waals surface area contributed by atoms with Crippen molar-refractivity contribution in [2.75, 3.05) is 18.6 Å². The Labute approximate surface area is 225 Å². The molecule has 0 aromatic heterocycles. The number of urea groups is 1. The maximum absolute atomic E-state index is 14.1. The Morgan fingerprint density at radius 1 is 1.00 bits per heavy atom. The lowest BCUT2D eigenvalue weighted by atomic mass is 10.0. The van der Waals surface area contributed by atoms with Gasteiger partial charge < -0.3 is 14.2 Å². The van der Waals surface area contributed by atoms with Crippen LogP contribution in [-0.4, -0.2) is 31.6 Å². The number of allylic oxidation sites excluding steroid dienone is 1. The second kappa shape index (κ2) is 12.1. The molecule has 9 heteroatoms. The fraction of sp³-hybridized carbons (Fsp3) is 0.167. The molecule has 0 bridgehead atoms. The number of barbiturate groups is 1. The monoisotopic (exact) mass is 530 g/mol. The molecule has 1 saturated heterocycles. The van der Waals surface area contributed by atoms with Crippen molar-refractivity contribution in [1.29, 1.82) is 0 Å². The number of nitrogens with one attached hydrogen (secondary N) is 1. The van der Waals surface area contributed by atoms with Crippen LogP contribution in [0.15, 0.2) is 78.9 Å². The number of rotatable bonds is 10. The Morgan fingerprint density at radius 3 is 2.41 bits per heavy atom. The van der Waals surface area contributed by atoms with Gasteiger partial charge in [0.2, 0.25) is 0 Å². The van der Waals surface area contributed by atoms with Crippen LogP contribution >= 0.6 is 0 Å². The number of carbonyl (C=O) groups is 3. The third-order valence-corrected chi connectivity index (χ3v) is 5.89. The third kappa shape index (κ3) is 5.98. The molecule has 0 spiro atoms. The van der Waals surface area contributed by atoms with Gasteiger partial charge in [0.05, 0.1) is 19.4 Å². The lowest BCUT2D eigenvalue weighted by Gasteiger charge is -2.26. The fourth-order valence-electron chi connectivity index (χ4n) is 4.07. The summed E-state index contributed by atoms with van der Waals surface area (Å²) in [4.78, 5) is 39.5. The minimum absolute atomic E-state index is 0.0341. The molecule has 0 radical (unpaired) electrons. The zero-order valence-electron chi connectivity index (χ0n) is 21.5. The summed E-state index contributed by atoms with van der Waals surface area (Å²) in [6.45, 7) is 6.06. The second-order valence-corrected chi connectivity index (χ2v) is 8.47. The number of imide groups is 2. The molecule has 1 fully saturated rings. The predicted molar refractivity (Wildman–Crippen MR) is 144 cm³/mol. The zero-order chi connectivity index (χ0) is 27.9. The summed E-state index contributed by atoms with van der Waals surface area (Å²) in [6.07, 6.45) is 3.41. The molecule has 0 atom stereocenters. The van der Waals surface area contributed by atoms with Crippen molar-refractivity contribution in [3.8, 4) is 17.2 Å². The van der Waals surface area contributed by atoms with Crippen molar-refractivity contribution >= 4 is 29.6 Å². The molecule has 39 heavy (non-hydrogen) atoms. The minimum atomic E-state index is -0.854. The number of nitrogens with zero attached hydrogens (tertiary/aromatic N) is 1. The molecule has 0 aliphatic carbocycles. The van der Waals surface area contributed by atoms with Gasteiger partial charge in [-0.1, -0.05) is 24.3 Å². The number of anilines is 1. The molecule has 1 N–H and O–H groups in total. The number of carbonyl (C=O) groups excluding carboxylic acids is 3. The number of benzene rings is 3. The van der Waals surface area contributed by atoms with Crippen LogP contribution in [0.1, 0.15) is 23.6 Å². The van der Waals surface area contributed by atoms with Gasteiger partial charge in [0, 0.05) is 11.1 Å². The molecule has 4 rings (SSSR count). The summed E-state index contributed by atoms with van der Waals surface area (Å²) in [6, 6.07) is 15.1. The smallest absolute Gasteiger partial charge is 0.335 e. The van der Waals surface area contributed by atoms with E-state index < -0.39 is 23.7 Å². The predicted octanol–water partition coefficient (Wildman–Crippen LogP) is 5.21. The van der Waals surface area contributed by atoms with Gasteiger partial charge in [0.1, 0.15) is 23.7 Å². The van der Waals surface area contributed by atoms with E-state index in [1.807, 2.05) is 6.92 Å².